The Balaban J connectivity index is 1.65. The molecule has 2 aromatic carbocycles. The topological polar surface area (TPSA) is 105 Å². The maximum Gasteiger partial charge on any atom is 0.265 e. The number of carbonyl (C=O) groups is 2. The molecular weight excluding hydrogens is 434 g/mol. The van der Waals surface area contributed by atoms with Gasteiger partial charge in [0.2, 0.25) is 10.0 Å². The molecule has 1 atom stereocenters. The summed E-state index contributed by atoms with van der Waals surface area (Å²) in [5.74, 6) is -0.163. The molecule has 1 N–H and O–H groups in total. The molecule has 0 spiro atoms. The highest BCUT2D eigenvalue weighted by Gasteiger charge is 2.23. The highest BCUT2D eigenvalue weighted by molar-refractivity contribution is 7.92. The van der Waals surface area contributed by atoms with Crippen molar-refractivity contribution in [3.63, 3.8) is 0 Å². The molecule has 1 aliphatic rings. The number of carbonyl (C=O) groups excluding carboxylic acids is 2. The van der Waals surface area contributed by atoms with Crippen LogP contribution >= 0.6 is 0 Å². The van der Waals surface area contributed by atoms with Crippen molar-refractivity contribution in [3.8, 4) is 5.75 Å². The molecule has 0 aromatic heterocycles. The van der Waals surface area contributed by atoms with Gasteiger partial charge in [0.1, 0.15) is 5.75 Å². The first-order valence-electron chi connectivity index (χ1n) is 10.1. The molecule has 3 rings (SSSR count). The van der Waals surface area contributed by atoms with Gasteiger partial charge in [0.25, 0.3) is 11.8 Å². The van der Waals surface area contributed by atoms with E-state index in [4.69, 9.17) is 9.47 Å². The Morgan fingerprint density at radius 2 is 1.72 bits per heavy atom. The van der Waals surface area contributed by atoms with Gasteiger partial charge in [0, 0.05) is 20.1 Å². The van der Waals surface area contributed by atoms with Crippen molar-refractivity contribution in [1.29, 1.82) is 0 Å². The van der Waals surface area contributed by atoms with Crippen LogP contribution in [0.1, 0.15) is 17.3 Å². The number of anilines is 2. The van der Waals surface area contributed by atoms with Crippen LogP contribution in [0.15, 0.2) is 48.5 Å². The van der Waals surface area contributed by atoms with Crippen LogP contribution in [0.5, 0.6) is 5.75 Å². The molecule has 2 amide bonds. The van der Waals surface area contributed by atoms with Crippen molar-refractivity contribution in [2.75, 3.05) is 49.2 Å². The molecule has 0 saturated carbocycles. The Morgan fingerprint density at radius 3 is 2.34 bits per heavy atom. The molecule has 2 aromatic rings. The fourth-order valence-electron chi connectivity index (χ4n) is 3.13. The first-order valence-corrected chi connectivity index (χ1v) is 12.0. The van der Waals surface area contributed by atoms with Crippen LogP contribution in [-0.2, 0) is 19.6 Å². The SMILES string of the molecule is C[C@H](Oc1ccc(N(C)S(C)(=O)=O)cc1)C(=O)Nc1ccccc1C(=O)N1CCOCC1. The summed E-state index contributed by atoms with van der Waals surface area (Å²) in [6.45, 7) is 3.59. The average Bonchev–Trinajstić information content (AvgIpc) is 2.79. The monoisotopic (exact) mass is 461 g/mol. The van der Waals surface area contributed by atoms with E-state index in [0.717, 1.165) is 10.6 Å². The Hall–Kier alpha value is -3.11. The number of hydrogen-bond donors (Lipinski definition) is 1. The third kappa shape index (κ3) is 5.77. The number of rotatable bonds is 7. The summed E-state index contributed by atoms with van der Waals surface area (Å²) in [5.41, 5.74) is 1.30. The van der Waals surface area contributed by atoms with Crippen LogP contribution in [0.25, 0.3) is 0 Å². The fraction of sp³-hybridized carbons (Fsp3) is 0.364. The molecule has 0 bridgehead atoms. The van der Waals surface area contributed by atoms with Gasteiger partial charge in [0.05, 0.1) is 36.4 Å². The summed E-state index contributed by atoms with van der Waals surface area (Å²) < 4.78 is 35.4. The summed E-state index contributed by atoms with van der Waals surface area (Å²) in [5, 5.41) is 2.77. The fourth-order valence-corrected chi connectivity index (χ4v) is 3.64. The van der Waals surface area contributed by atoms with Crippen LogP contribution in [0.2, 0.25) is 0 Å². The molecule has 1 fully saturated rings. The molecule has 32 heavy (non-hydrogen) atoms. The second kappa shape index (κ2) is 10.0. The van der Waals surface area contributed by atoms with E-state index in [9.17, 15) is 18.0 Å². The third-order valence-corrected chi connectivity index (χ3v) is 6.30. The lowest BCUT2D eigenvalue weighted by molar-refractivity contribution is -0.122. The van der Waals surface area contributed by atoms with E-state index < -0.39 is 22.0 Å². The van der Waals surface area contributed by atoms with Gasteiger partial charge in [-0.05, 0) is 43.3 Å². The summed E-state index contributed by atoms with van der Waals surface area (Å²) in [4.78, 5) is 27.3. The second-order valence-corrected chi connectivity index (χ2v) is 9.44. The molecule has 172 valence electrons. The van der Waals surface area contributed by atoms with Gasteiger partial charge in [-0.2, -0.15) is 0 Å². The number of sulfonamides is 1. The maximum atomic E-state index is 12.9. The number of hydrogen-bond acceptors (Lipinski definition) is 6. The lowest BCUT2D eigenvalue weighted by Gasteiger charge is -2.27. The highest BCUT2D eigenvalue weighted by Crippen LogP contribution is 2.22. The average molecular weight is 462 g/mol. The zero-order valence-corrected chi connectivity index (χ0v) is 19.1. The molecule has 9 nitrogen and oxygen atoms in total. The van der Waals surface area contributed by atoms with E-state index in [2.05, 4.69) is 5.32 Å². The van der Waals surface area contributed by atoms with Gasteiger partial charge in [-0.15, -0.1) is 0 Å². The number of amides is 2. The molecule has 10 heteroatoms. The van der Waals surface area contributed by atoms with E-state index in [1.165, 1.54) is 7.05 Å². The summed E-state index contributed by atoms with van der Waals surface area (Å²) >= 11 is 0. The van der Waals surface area contributed by atoms with Gasteiger partial charge in [-0.1, -0.05) is 12.1 Å². The molecule has 1 heterocycles. The zero-order chi connectivity index (χ0) is 23.3. The van der Waals surface area contributed by atoms with E-state index >= 15 is 0 Å². The lowest BCUT2D eigenvalue weighted by atomic mass is 10.1. The minimum atomic E-state index is -3.37. The minimum absolute atomic E-state index is 0.164. The van der Waals surface area contributed by atoms with E-state index in [1.807, 2.05) is 0 Å². The third-order valence-electron chi connectivity index (χ3n) is 5.09. The predicted octanol–water partition coefficient (Wildman–Crippen LogP) is 1.96. The summed E-state index contributed by atoms with van der Waals surface area (Å²) in [7, 11) is -1.91. The lowest BCUT2D eigenvalue weighted by Crippen LogP contribution is -2.41. The molecule has 0 aliphatic carbocycles. The smallest absolute Gasteiger partial charge is 0.265 e. The second-order valence-electron chi connectivity index (χ2n) is 7.42. The molecule has 0 unspecified atom stereocenters. The van der Waals surface area contributed by atoms with Crippen molar-refractivity contribution in [2.45, 2.75) is 13.0 Å². The zero-order valence-electron chi connectivity index (χ0n) is 18.3. The largest absolute Gasteiger partial charge is 0.481 e. The van der Waals surface area contributed by atoms with E-state index in [-0.39, 0.29) is 5.91 Å². The number of para-hydroxylation sites is 1. The van der Waals surface area contributed by atoms with Crippen LogP contribution in [0.4, 0.5) is 11.4 Å². The quantitative estimate of drug-likeness (QED) is 0.676. The number of benzene rings is 2. The van der Waals surface area contributed by atoms with Crippen molar-refractivity contribution in [3.05, 3.63) is 54.1 Å². The van der Waals surface area contributed by atoms with E-state index in [0.29, 0.717) is 49.0 Å². The van der Waals surface area contributed by atoms with Crippen molar-refractivity contribution in [2.24, 2.45) is 0 Å². The Bertz CT molecular complexity index is 1070. The van der Waals surface area contributed by atoms with Gasteiger partial charge in [-0.3, -0.25) is 13.9 Å². The van der Waals surface area contributed by atoms with Gasteiger partial charge in [-0.25, -0.2) is 8.42 Å². The molecule has 1 aliphatic heterocycles. The summed E-state index contributed by atoms with van der Waals surface area (Å²) in [6, 6.07) is 13.2. The number of nitrogens with zero attached hydrogens (tertiary/aromatic N) is 2. The number of ether oxygens (including phenoxy) is 2. The number of morpholine rings is 1. The maximum absolute atomic E-state index is 12.9. The van der Waals surface area contributed by atoms with Crippen LogP contribution < -0.4 is 14.4 Å². The van der Waals surface area contributed by atoms with Crippen molar-refractivity contribution >= 4 is 33.2 Å². The first kappa shape index (κ1) is 23.6. The van der Waals surface area contributed by atoms with Crippen molar-refractivity contribution in [1.82, 2.24) is 4.90 Å². The van der Waals surface area contributed by atoms with Gasteiger partial charge < -0.3 is 19.7 Å². The molecule has 1 saturated heterocycles. The van der Waals surface area contributed by atoms with Crippen LogP contribution in [0, 0.1) is 0 Å². The highest BCUT2D eigenvalue weighted by atomic mass is 32.2. The van der Waals surface area contributed by atoms with Crippen molar-refractivity contribution < 1.29 is 27.5 Å². The Kier molecular flexibility index (Phi) is 7.37. The number of nitrogens with one attached hydrogen (secondary N) is 1. The first-order chi connectivity index (χ1) is 15.2. The van der Waals surface area contributed by atoms with Gasteiger partial charge >= 0.3 is 0 Å². The minimum Gasteiger partial charge on any atom is -0.481 e. The van der Waals surface area contributed by atoms with E-state index in [1.54, 1.807) is 60.4 Å². The molecular formula is C22H27N3O6S. The molecule has 0 radical (unpaired) electrons. The van der Waals surface area contributed by atoms with Crippen LogP contribution in [0.3, 0.4) is 0 Å². The van der Waals surface area contributed by atoms with Gasteiger partial charge in [0.15, 0.2) is 6.10 Å². The Labute approximate surface area is 188 Å². The Morgan fingerprint density at radius 1 is 1.09 bits per heavy atom. The van der Waals surface area contributed by atoms with Crippen LogP contribution in [-0.4, -0.2) is 70.8 Å². The normalized spacial score (nSPS) is 15.0. The standard InChI is InChI=1S/C22H27N3O6S/c1-16(31-18-10-8-17(9-11-18)24(2)32(3,28)29)21(26)23-20-7-5-4-6-19(20)22(27)25-12-14-30-15-13-25/h4-11,16H,12-15H2,1-3H3,(H,23,26)/t16-/m0/s1. The predicted molar refractivity (Wildman–Crippen MR) is 122 cm³/mol. The summed E-state index contributed by atoms with van der Waals surface area (Å²) in [6.07, 6.45) is 0.269.